The van der Waals surface area contributed by atoms with Crippen LogP contribution in [-0.2, 0) is 14.8 Å². The number of carbonyl (C=O) groups is 1. The Labute approximate surface area is 166 Å². The Bertz CT molecular complexity index is 948. The third-order valence-corrected chi connectivity index (χ3v) is 6.01. The Morgan fingerprint density at radius 2 is 1.21 bits per heavy atom. The Morgan fingerprint density at radius 1 is 0.750 bits per heavy atom. The second-order valence-corrected chi connectivity index (χ2v) is 8.30. The van der Waals surface area contributed by atoms with Gasteiger partial charge in [0.1, 0.15) is 5.78 Å². The summed E-state index contributed by atoms with van der Waals surface area (Å²) in [4.78, 5) is 13.2. The van der Waals surface area contributed by atoms with Crippen molar-refractivity contribution in [2.45, 2.75) is 23.7 Å². The maximum Gasteiger partial charge on any atom is 0.240 e. The van der Waals surface area contributed by atoms with E-state index in [1.54, 1.807) is 30.3 Å². The molecule has 0 aromatic heterocycles. The molecular formula is C23H23NO3S. The molecule has 5 heteroatoms. The molecule has 3 aromatic rings. The topological polar surface area (TPSA) is 63.2 Å². The zero-order valence-corrected chi connectivity index (χ0v) is 16.3. The molecule has 3 aromatic carbocycles. The van der Waals surface area contributed by atoms with E-state index in [1.165, 1.54) is 0 Å². The van der Waals surface area contributed by atoms with Gasteiger partial charge in [-0.05, 0) is 29.7 Å². The summed E-state index contributed by atoms with van der Waals surface area (Å²) in [7, 11) is -3.54. The van der Waals surface area contributed by atoms with E-state index in [2.05, 4.69) is 4.72 Å². The Hall–Kier alpha value is -2.76. The van der Waals surface area contributed by atoms with Gasteiger partial charge in [0.2, 0.25) is 10.0 Å². The standard InChI is InChI=1S/C23H23NO3S/c25-22(17-10-18-24-28(26,27)21-15-8-3-9-16-21)23(19-11-4-1-5-12-19)20-13-6-2-7-14-20/h1-9,11-16,23-24H,10,17-18H2. The molecule has 144 valence electrons. The van der Waals surface area contributed by atoms with E-state index < -0.39 is 10.0 Å². The van der Waals surface area contributed by atoms with Crippen LogP contribution in [0.1, 0.15) is 29.9 Å². The van der Waals surface area contributed by atoms with Crippen molar-refractivity contribution in [1.29, 1.82) is 0 Å². The van der Waals surface area contributed by atoms with E-state index in [4.69, 9.17) is 0 Å². The first-order valence-corrected chi connectivity index (χ1v) is 10.7. The first-order chi connectivity index (χ1) is 13.6. The van der Waals surface area contributed by atoms with Crippen LogP contribution < -0.4 is 4.72 Å². The molecule has 3 rings (SSSR count). The molecule has 4 nitrogen and oxygen atoms in total. The number of carbonyl (C=O) groups excluding carboxylic acids is 1. The van der Waals surface area contributed by atoms with Gasteiger partial charge in [-0.1, -0.05) is 78.9 Å². The lowest BCUT2D eigenvalue weighted by Gasteiger charge is -2.17. The van der Waals surface area contributed by atoms with Crippen molar-refractivity contribution < 1.29 is 13.2 Å². The summed E-state index contributed by atoms with van der Waals surface area (Å²) in [5, 5.41) is 0. The van der Waals surface area contributed by atoms with Crippen molar-refractivity contribution in [2.75, 3.05) is 6.54 Å². The van der Waals surface area contributed by atoms with Crippen LogP contribution in [0, 0.1) is 0 Å². The van der Waals surface area contributed by atoms with Crippen LogP contribution in [0.2, 0.25) is 0 Å². The van der Waals surface area contributed by atoms with Gasteiger partial charge in [0.05, 0.1) is 10.8 Å². The number of rotatable bonds is 9. The summed E-state index contributed by atoms with van der Waals surface area (Å²) in [5.74, 6) is -0.260. The van der Waals surface area contributed by atoms with Crippen molar-refractivity contribution in [1.82, 2.24) is 4.72 Å². The lowest BCUT2D eigenvalue weighted by molar-refractivity contribution is -0.119. The highest BCUT2D eigenvalue weighted by Crippen LogP contribution is 2.27. The largest absolute Gasteiger partial charge is 0.299 e. The van der Waals surface area contributed by atoms with Crippen LogP contribution >= 0.6 is 0 Å². The number of Topliss-reactive ketones (excluding diaryl/α,β-unsaturated/α-hetero) is 1. The second kappa shape index (κ2) is 9.44. The van der Waals surface area contributed by atoms with Crippen LogP contribution in [-0.4, -0.2) is 20.7 Å². The first kappa shape index (κ1) is 20.0. The van der Waals surface area contributed by atoms with E-state index >= 15 is 0 Å². The van der Waals surface area contributed by atoms with Crippen LogP contribution in [0.3, 0.4) is 0 Å². The Balaban J connectivity index is 1.63. The van der Waals surface area contributed by atoms with Gasteiger partial charge in [0.15, 0.2) is 0 Å². The molecule has 0 bridgehead atoms. The molecule has 0 atom stereocenters. The molecule has 0 aliphatic rings. The monoisotopic (exact) mass is 393 g/mol. The van der Waals surface area contributed by atoms with Crippen LogP contribution in [0.25, 0.3) is 0 Å². The van der Waals surface area contributed by atoms with Crippen molar-refractivity contribution in [3.63, 3.8) is 0 Å². The third-order valence-electron chi connectivity index (χ3n) is 4.53. The van der Waals surface area contributed by atoms with Gasteiger partial charge in [-0.15, -0.1) is 0 Å². The van der Waals surface area contributed by atoms with Crippen LogP contribution in [0.15, 0.2) is 95.9 Å². The molecule has 0 aliphatic carbocycles. The SMILES string of the molecule is O=C(CCCNS(=O)(=O)c1ccccc1)C(c1ccccc1)c1ccccc1. The van der Waals surface area contributed by atoms with Crippen LogP contribution in [0.4, 0.5) is 0 Å². The number of ketones is 1. The summed E-state index contributed by atoms with van der Waals surface area (Å²) in [6.45, 7) is 0.221. The maximum absolute atomic E-state index is 13.0. The molecule has 1 N–H and O–H groups in total. The van der Waals surface area contributed by atoms with E-state index in [0.29, 0.717) is 12.8 Å². The van der Waals surface area contributed by atoms with Gasteiger partial charge in [0, 0.05) is 13.0 Å². The Kier molecular flexibility index (Phi) is 6.74. The van der Waals surface area contributed by atoms with Gasteiger partial charge < -0.3 is 0 Å². The Morgan fingerprint density at radius 3 is 1.71 bits per heavy atom. The molecule has 0 fully saturated rings. The predicted octanol–water partition coefficient (Wildman–Crippen LogP) is 4.15. The summed E-state index contributed by atoms with van der Waals surface area (Å²) in [6.07, 6.45) is 0.743. The lowest BCUT2D eigenvalue weighted by Crippen LogP contribution is -2.25. The molecule has 0 unspecified atom stereocenters. The molecule has 0 saturated heterocycles. The van der Waals surface area contributed by atoms with E-state index in [0.717, 1.165) is 11.1 Å². The van der Waals surface area contributed by atoms with Gasteiger partial charge in [-0.25, -0.2) is 13.1 Å². The van der Waals surface area contributed by atoms with Gasteiger partial charge in [0.25, 0.3) is 0 Å². The molecular weight excluding hydrogens is 370 g/mol. The molecule has 28 heavy (non-hydrogen) atoms. The predicted molar refractivity (Wildman–Crippen MR) is 111 cm³/mol. The highest BCUT2D eigenvalue weighted by atomic mass is 32.2. The van der Waals surface area contributed by atoms with E-state index in [1.807, 2.05) is 60.7 Å². The maximum atomic E-state index is 13.0. The third kappa shape index (κ3) is 5.15. The molecule has 0 aliphatic heterocycles. The van der Waals surface area contributed by atoms with Crippen molar-refractivity contribution >= 4 is 15.8 Å². The molecule has 0 heterocycles. The number of benzene rings is 3. The van der Waals surface area contributed by atoms with E-state index in [-0.39, 0.29) is 23.1 Å². The molecule has 0 spiro atoms. The normalized spacial score (nSPS) is 11.5. The van der Waals surface area contributed by atoms with Gasteiger partial charge in [-0.2, -0.15) is 0 Å². The molecule has 0 saturated carbocycles. The highest BCUT2D eigenvalue weighted by molar-refractivity contribution is 7.89. The van der Waals surface area contributed by atoms with Crippen molar-refractivity contribution in [2.24, 2.45) is 0 Å². The minimum Gasteiger partial charge on any atom is -0.299 e. The summed E-state index contributed by atoms with van der Waals surface area (Å²) >= 11 is 0. The zero-order chi connectivity index (χ0) is 19.8. The average Bonchev–Trinajstić information content (AvgIpc) is 2.74. The van der Waals surface area contributed by atoms with Gasteiger partial charge >= 0.3 is 0 Å². The number of hydrogen-bond donors (Lipinski definition) is 1. The minimum atomic E-state index is -3.54. The number of nitrogens with one attached hydrogen (secondary N) is 1. The summed E-state index contributed by atoms with van der Waals surface area (Å²) < 4.78 is 27.1. The van der Waals surface area contributed by atoms with Crippen molar-refractivity contribution in [3.05, 3.63) is 102 Å². The fraction of sp³-hybridized carbons (Fsp3) is 0.174. The van der Waals surface area contributed by atoms with E-state index in [9.17, 15) is 13.2 Å². The number of sulfonamides is 1. The van der Waals surface area contributed by atoms with Crippen LogP contribution in [0.5, 0.6) is 0 Å². The zero-order valence-electron chi connectivity index (χ0n) is 15.5. The smallest absolute Gasteiger partial charge is 0.240 e. The second-order valence-electron chi connectivity index (χ2n) is 6.54. The lowest BCUT2D eigenvalue weighted by atomic mass is 9.86. The number of hydrogen-bond acceptors (Lipinski definition) is 3. The highest BCUT2D eigenvalue weighted by Gasteiger charge is 2.22. The molecule has 0 radical (unpaired) electrons. The van der Waals surface area contributed by atoms with Gasteiger partial charge in [-0.3, -0.25) is 4.79 Å². The van der Waals surface area contributed by atoms with Crippen molar-refractivity contribution in [3.8, 4) is 0 Å². The summed E-state index contributed by atoms with van der Waals surface area (Å²) in [6, 6.07) is 27.6. The fourth-order valence-electron chi connectivity index (χ4n) is 3.15. The fourth-order valence-corrected chi connectivity index (χ4v) is 4.25. The molecule has 0 amide bonds. The first-order valence-electron chi connectivity index (χ1n) is 9.25. The quantitative estimate of drug-likeness (QED) is 0.556. The summed E-state index contributed by atoms with van der Waals surface area (Å²) in [5.41, 5.74) is 1.90. The minimum absolute atomic E-state index is 0.0799. The average molecular weight is 394 g/mol.